The van der Waals surface area contributed by atoms with Crippen molar-refractivity contribution in [3.8, 4) is 0 Å². The third-order valence-electron chi connectivity index (χ3n) is 3.98. The number of hydrogen-bond acceptors (Lipinski definition) is 5. The molecule has 6 nitrogen and oxygen atoms in total. The molecule has 0 spiro atoms. The van der Waals surface area contributed by atoms with Crippen LogP contribution in [-0.2, 0) is 22.6 Å². The quantitative estimate of drug-likeness (QED) is 0.482. The second kappa shape index (κ2) is 7.48. The lowest BCUT2D eigenvalue weighted by Gasteiger charge is -2.08. The van der Waals surface area contributed by atoms with E-state index in [0.717, 1.165) is 17.9 Å². The number of esters is 1. The van der Waals surface area contributed by atoms with Gasteiger partial charge in [0.05, 0.1) is 6.54 Å². The van der Waals surface area contributed by atoms with E-state index in [4.69, 9.17) is 4.74 Å². The van der Waals surface area contributed by atoms with E-state index in [9.17, 15) is 9.59 Å². The topological polar surface area (TPSA) is 66.1 Å². The van der Waals surface area contributed by atoms with Crippen molar-refractivity contribution in [2.45, 2.75) is 26.9 Å². The SMILES string of the molecule is Cc1cc(C(=O)COC(=O)Cn2cccn2)c(C)n1Cc1cccs1. The highest BCUT2D eigenvalue weighted by Crippen LogP contribution is 2.19. The van der Waals surface area contributed by atoms with Crippen LogP contribution in [0.1, 0.15) is 26.6 Å². The summed E-state index contributed by atoms with van der Waals surface area (Å²) in [4.78, 5) is 25.4. The first-order chi connectivity index (χ1) is 12.0. The molecule has 0 fully saturated rings. The number of aryl methyl sites for hydroxylation is 1. The largest absolute Gasteiger partial charge is 0.456 e. The summed E-state index contributed by atoms with van der Waals surface area (Å²) < 4.78 is 8.64. The Morgan fingerprint density at radius 2 is 2.12 bits per heavy atom. The Morgan fingerprint density at radius 1 is 1.28 bits per heavy atom. The van der Waals surface area contributed by atoms with Gasteiger partial charge in [0.15, 0.2) is 6.61 Å². The van der Waals surface area contributed by atoms with Gasteiger partial charge in [0.25, 0.3) is 0 Å². The van der Waals surface area contributed by atoms with Crippen molar-refractivity contribution in [2.24, 2.45) is 0 Å². The van der Waals surface area contributed by atoms with E-state index < -0.39 is 5.97 Å². The van der Waals surface area contributed by atoms with E-state index in [-0.39, 0.29) is 18.9 Å². The molecule has 25 heavy (non-hydrogen) atoms. The predicted molar refractivity (Wildman–Crippen MR) is 94.8 cm³/mol. The summed E-state index contributed by atoms with van der Waals surface area (Å²) in [6.45, 7) is 4.36. The summed E-state index contributed by atoms with van der Waals surface area (Å²) in [5, 5.41) is 5.97. The van der Waals surface area contributed by atoms with E-state index in [0.29, 0.717) is 5.56 Å². The highest BCUT2D eigenvalue weighted by Gasteiger charge is 2.17. The summed E-state index contributed by atoms with van der Waals surface area (Å²) in [6, 6.07) is 7.66. The molecule has 3 rings (SSSR count). The van der Waals surface area contributed by atoms with E-state index >= 15 is 0 Å². The van der Waals surface area contributed by atoms with Gasteiger partial charge in [-0.15, -0.1) is 11.3 Å². The van der Waals surface area contributed by atoms with E-state index in [2.05, 4.69) is 15.7 Å². The van der Waals surface area contributed by atoms with Crippen molar-refractivity contribution >= 4 is 23.1 Å². The number of Topliss-reactive ketones (excluding diaryl/α,β-unsaturated/α-hetero) is 1. The van der Waals surface area contributed by atoms with Crippen molar-refractivity contribution < 1.29 is 14.3 Å². The molecule has 3 aromatic heterocycles. The maximum Gasteiger partial charge on any atom is 0.328 e. The van der Waals surface area contributed by atoms with Gasteiger partial charge in [-0.2, -0.15) is 5.10 Å². The second-order valence-corrected chi connectivity index (χ2v) is 6.77. The molecule has 3 heterocycles. The van der Waals surface area contributed by atoms with Crippen LogP contribution >= 0.6 is 11.3 Å². The molecule has 0 aliphatic carbocycles. The van der Waals surface area contributed by atoms with E-state index in [1.54, 1.807) is 29.8 Å². The molecule has 7 heteroatoms. The number of aromatic nitrogens is 3. The van der Waals surface area contributed by atoms with Crippen LogP contribution < -0.4 is 0 Å². The van der Waals surface area contributed by atoms with Gasteiger partial charge in [-0.05, 0) is 37.4 Å². The zero-order chi connectivity index (χ0) is 17.8. The number of hydrogen-bond donors (Lipinski definition) is 0. The van der Waals surface area contributed by atoms with Gasteiger partial charge in [0.2, 0.25) is 5.78 Å². The highest BCUT2D eigenvalue weighted by atomic mass is 32.1. The molecule has 0 amide bonds. The van der Waals surface area contributed by atoms with Crippen LogP contribution in [0.5, 0.6) is 0 Å². The molecule has 0 bridgehead atoms. The average Bonchev–Trinajstić information content (AvgIpc) is 3.32. The summed E-state index contributed by atoms with van der Waals surface area (Å²) in [6.07, 6.45) is 3.25. The number of rotatable bonds is 7. The second-order valence-electron chi connectivity index (χ2n) is 5.74. The highest BCUT2D eigenvalue weighted by molar-refractivity contribution is 7.09. The molecule has 0 radical (unpaired) electrons. The Kier molecular flexibility index (Phi) is 5.14. The van der Waals surface area contributed by atoms with E-state index in [1.807, 2.05) is 31.4 Å². The molecule has 3 aromatic rings. The van der Waals surface area contributed by atoms with Crippen LogP contribution in [0.2, 0.25) is 0 Å². The first-order valence-electron chi connectivity index (χ1n) is 7.90. The number of carbonyl (C=O) groups excluding carboxylic acids is 2. The monoisotopic (exact) mass is 357 g/mol. The number of ether oxygens (including phenoxy) is 1. The van der Waals surface area contributed by atoms with Gasteiger partial charge < -0.3 is 9.30 Å². The lowest BCUT2D eigenvalue weighted by molar-refractivity contribution is -0.143. The standard InChI is InChI=1S/C18H19N3O3S/c1-13-9-16(14(2)21(13)10-15-5-3-8-25-15)17(22)12-24-18(23)11-20-7-4-6-19-20/h3-9H,10-12H2,1-2H3. The molecule has 0 unspecified atom stereocenters. The summed E-state index contributed by atoms with van der Waals surface area (Å²) >= 11 is 1.69. The van der Waals surface area contributed by atoms with Gasteiger partial charge in [-0.3, -0.25) is 14.3 Å². The molecular formula is C18H19N3O3S. The first-order valence-corrected chi connectivity index (χ1v) is 8.78. The normalized spacial score (nSPS) is 10.8. The molecule has 0 aliphatic heterocycles. The third kappa shape index (κ3) is 4.06. The molecule has 0 atom stereocenters. The van der Waals surface area contributed by atoms with Crippen molar-refractivity contribution in [2.75, 3.05) is 6.61 Å². The molecular weight excluding hydrogens is 338 g/mol. The van der Waals surface area contributed by atoms with Crippen LogP contribution in [0.15, 0.2) is 42.0 Å². The van der Waals surface area contributed by atoms with Crippen molar-refractivity contribution in [3.63, 3.8) is 0 Å². The third-order valence-corrected chi connectivity index (χ3v) is 4.84. The fourth-order valence-electron chi connectivity index (χ4n) is 2.68. The lowest BCUT2D eigenvalue weighted by Crippen LogP contribution is -2.19. The number of carbonyl (C=O) groups is 2. The van der Waals surface area contributed by atoms with Crippen LogP contribution in [0.3, 0.4) is 0 Å². The smallest absolute Gasteiger partial charge is 0.328 e. The summed E-state index contributed by atoms with van der Waals surface area (Å²) in [7, 11) is 0. The fourth-order valence-corrected chi connectivity index (χ4v) is 3.37. The first kappa shape index (κ1) is 17.2. The molecule has 130 valence electrons. The van der Waals surface area contributed by atoms with Gasteiger partial charge in [-0.1, -0.05) is 6.07 Å². The van der Waals surface area contributed by atoms with Gasteiger partial charge >= 0.3 is 5.97 Å². The number of ketones is 1. The van der Waals surface area contributed by atoms with Crippen LogP contribution in [0, 0.1) is 13.8 Å². The van der Waals surface area contributed by atoms with Gasteiger partial charge in [-0.25, -0.2) is 0 Å². The average molecular weight is 357 g/mol. The van der Waals surface area contributed by atoms with Crippen LogP contribution in [0.25, 0.3) is 0 Å². The Hall–Kier alpha value is -2.67. The fraction of sp³-hybridized carbons (Fsp3) is 0.278. The molecule has 0 saturated heterocycles. The Bertz CT molecular complexity index is 864. The number of thiophene rings is 1. The van der Waals surface area contributed by atoms with Gasteiger partial charge in [0.1, 0.15) is 6.54 Å². The summed E-state index contributed by atoms with van der Waals surface area (Å²) in [5.74, 6) is -0.677. The summed E-state index contributed by atoms with van der Waals surface area (Å²) in [5.41, 5.74) is 2.50. The Morgan fingerprint density at radius 3 is 2.80 bits per heavy atom. The lowest BCUT2D eigenvalue weighted by atomic mass is 10.1. The molecule has 0 saturated carbocycles. The zero-order valence-electron chi connectivity index (χ0n) is 14.1. The predicted octanol–water partition coefficient (Wildman–Crippen LogP) is 2.84. The number of nitrogens with zero attached hydrogens (tertiary/aromatic N) is 3. The zero-order valence-corrected chi connectivity index (χ0v) is 15.0. The Balaban J connectivity index is 1.63. The molecule has 0 aliphatic rings. The molecule has 0 N–H and O–H groups in total. The maximum atomic E-state index is 12.4. The van der Waals surface area contributed by atoms with Crippen molar-refractivity contribution in [1.29, 1.82) is 0 Å². The maximum absolute atomic E-state index is 12.4. The minimum absolute atomic E-state index is 0.00230. The van der Waals surface area contributed by atoms with Gasteiger partial charge in [0, 0.05) is 34.2 Å². The van der Waals surface area contributed by atoms with Crippen molar-refractivity contribution in [1.82, 2.24) is 14.3 Å². The van der Waals surface area contributed by atoms with Crippen LogP contribution in [0.4, 0.5) is 0 Å². The minimum atomic E-state index is -0.482. The van der Waals surface area contributed by atoms with Crippen LogP contribution in [-0.4, -0.2) is 32.7 Å². The Labute approximate surface area is 149 Å². The molecule has 0 aromatic carbocycles. The van der Waals surface area contributed by atoms with Crippen molar-refractivity contribution in [3.05, 3.63) is 63.9 Å². The van der Waals surface area contributed by atoms with E-state index in [1.165, 1.54) is 9.56 Å². The minimum Gasteiger partial charge on any atom is -0.456 e.